The van der Waals surface area contributed by atoms with Crippen molar-refractivity contribution < 1.29 is 80.2 Å². The summed E-state index contributed by atoms with van der Waals surface area (Å²) >= 11 is 0. The van der Waals surface area contributed by atoms with Crippen LogP contribution in [0.3, 0.4) is 0 Å². The van der Waals surface area contributed by atoms with Crippen molar-refractivity contribution in [2.45, 2.75) is 355 Å². The van der Waals surface area contributed by atoms with Crippen molar-refractivity contribution in [1.82, 2.24) is 0 Å². The second kappa shape index (κ2) is 59.7. The van der Waals surface area contributed by atoms with Crippen LogP contribution >= 0.6 is 15.6 Å². The molecule has 0 radical (unpaired) electrons. The highest BCUT2D eigenvalue weighted by molar-refractivity contribution is 7.47. The topological polar surface area (TPSA) is 237 Å². The molecule has 3 N–H and O–H groups in total. The quantitative estimate of drug-likeness (QED) is 0.0222. The molecule has 0 bridgehead atoms. The van der Waals surface area contributed by atoms with E-state index in [9.17, 15) is 43.2 Å². The minimum Gasteiger partial charge on any atom is -0.462 e. The zero-order chi connectivity index (χ0) is 62.8. The van der Waals surface area contributed by atoms with Crippen LogP contribution in [0.25, 0.3) is 0 Å². The van der Waals surface area contributed by atoms with E-state index in [1.54, 1.807) is 0 Å². The summed E-state index contributed by atoms with van der Waals surface area (Å²) in [5.41, 5.74) is 0. The highest BCUT2D eigenvalue weighted by atomic mass is 31.2. The fourth-order valence-corrected chi connectivity index (χ4v) is 11.5. The van der Waals surface area contributed by atoms with Crippen LogP contribution in [0.1, 0.15) is 336 Å². The number of hydrogen-bond acceptors (Lipinski definition) is 15. The molecule has 504 valence electrons. The second-order valence-corrected chi connectivity index (χ2v) is 27.2. The molecule has 85 heavy (non-hydrogen) atoms. The number of phosphoric ester groups is 2. The van der Waals surface area contributed by atoms with Gasteiger partial charge in [0.15, 0.2) is 12.2 Å². The Morgan fingerprint density at radius 1 is 0.318 bits per heavy atom. The minimum atomic E-state index is -4.94. The Hall–Kier alpha value is -1.94. The van der Waals surface area contributed by atoms with E-state index < -0.39 is 97.5 Å². The highest BCUT2D eigenvalue weighted by Crippen LogP contribution is 2.45. The van der Waals surface area contributed by atoms with E-state index in [1.165, 1.54) is 128 Å². The summed E-state index contributed by atoms with van der Waals surface area (Å²) in [6.45, 7) is 7.03. The summed E-state index contributed by atoms with van der Waals surface area (Å²) in [6.07, 6.45) is 45.2. The Balaban J connectivity index is 5.03. The molecule has 0 amide bonds. The monoisotopic (exact) mass is 1250 g/mol. The molecule has 0 aromatic carbocycles. The number of unbranched alkanes of at least 4 members (excludes halogenated alkanes) is 38. The van der Waals surface area contributed by atoms with Gasteiger partial charge in [-0.1, -0.05) is 285 Å². The second-order valence-electron chi connectivity index (χ2n) is 24.3. The predicted octanol–water partition coefficient (Wildman–Crippen LogP) is 18.6. The molecule has 0 aliphatic heterocycles. The molecular formula is C66H128O17P2. The molecule has 19 heteroatoms. The Morgan fingerprint density at radius 2 is 0.541 bits per heavy atom. The van der Waals surface area contributed by atoms with Crippen LogP contribution in [0.15, 0.2) is 0 Å². The van der Waals surface area contributed by atoms with Crippen molar-refractivity contribution >= 4 is 39.5 Å². The molecule has 0 heterocycles. The molecule has 0 fully saturated rings. The molecule has 0 aromatic heterocycles. The van der Waals surface area contributed by atoms with Gasteiger partial charge in [0.1, 0.15) is 19.3 Å². The van der Waals surface area contributed by atoms with Gasteiger partial charge in [-0.15, -0.1) is 0 Å². The highest BCUT2D eigenvalue weighted by Gasteiger charge is 2.30. The van der Waals surface area contributed by atoms with Crippen LogP contribution < -0.4 is 0 Å². The molecule has 0 saturated heterocycles. The average Bonchev–Trinajstić information content (AvgIpc) is 3.54. The fourth-order valence-electron chi connectivity index (χ4n) is 9.94. The van der Waals surface area contributed by atoms with Crippen LogP contribution in [0, 0.1) is 5.92 Å². The summed E-state index contributed by atoms with van der Waals surface area (Å²) in [5.74, 6) is -1.46. The van der Waals surface area contributed by atoms with E-state index in [-0.39, 0.29) is 25.7 Å². The van der Waals surface area contributed by atoms with Crippen molar-refractivity contribution in [1.29, 1.82) is 0 Å². The molecule has 2 unspecified atom stereocenters. The molecule has 0 rings (SSSR count). The minimum absolute atomic E-state index is 0.103. The Labute approximate surface area is 517 Å². The lowest BCUT2D eigenvalue weighted by molar-refractivity contribution is -0.161. The SMILES string of the molecule is CCCCCCCCCCCCCCCCCCCCCCCCC(=O)O[C@H](COC(=O)CCCCCCCCC(C)C)COP(=O)(O)OC[C@@H](O)COP(=O)(O)OC[C@@H](COC(=O)CCCCCCCCC)OC(=O)CCCCCCCCC. The van der Waals surface area contributed by atoms with Gasteiger partial charge in [0.25, 0.3) is 0 Å². The van der Waals surface area contributed by atoms with Crippen LogP contribution in [0.2, 0.25) is 0 Å². The van der Waals surface area contributed by atoms with Crippen molar-refractivity contribution in [3.05, 3.63) is 0 Å². The summed E-state index contributed by atoms with van der Waals surface area (Å²) in [6, 6.07) is 0. The van der Waals surface area contributed by atoms with Gasteiger partial charge in [-0.3, -0.25) is 37.3 Å². The van der Waals surface area contributed by atoms with Gasteiger partial charge >= 0.3 is 39.5 Å². The maximum atomic E-state index is 13.0. The Kier molecular flexibility index (Phi) is 58.3. The number of esters is 4. The van der Waals surface area contributed by atoms with Gasteiger partial charge in [-0.25, -0.2) is 9.13 Å². The van der Waals surface area contributed by atoms with E-state index >= 15 is 0 Å². The number of carbonyl (C=O) groups is 4. The lowest BCUT2D eigenvalue weighted by Crippen LogP contribution is -2.30. The van der Waals surface area contributed by atoms with E-state index in [1.807, 2.05) is 0 Å². The van der Waals surface area contributed by atoms with Gasteiger partial charge in [-0.2, -0.15) is 0 Å². The Morgan fingerprint density at radius 3 is 0.800 bits per heavy atom. The maximum Gasteiger partial charge on any atom is 0.472 e. The first-order valence-corrected chi connectivity index (χ1v) is 37.6. The molecular weight excluding hydrogens is 1130 g/mol. The summed E-state index contributed by atoms with van der Waals surface area (Å²) in [7, 11) is -9.88. The van der Waals surface area contributed by atoms with Gasteiger partial charge < -0.3 is 33.8 Å². The summed E-state index contributed by atoms with van der Waals surface area (Å²) in [5, 5.41) is 10.5. The normalized spacial score (nSPS) is 14.2. The van der Waals surface area contributed by atoms with E-state index in [0.717, 1.165) is 122 Å². The number of carbonyl (C=O) groups excluding carboxylic acids is 4. The first-order valence-electron chi connectivity index (χ1n) is 34.6. The molecule has 0 aromatic rings. The third-order valence-corrected chi connectivity index (χ3v) is 17.2. The Bertz CT molecular complexity index is 1650. The lowest BCUT2D eigenvalue weighted by atomic mass is 10.0. The van der Waals surface area contributed by atoms with Gasteiger partial charge in [0.2, 0.25) is 0 Å². The zero-order valence-corrected chi connectivity index (χ0v) is 56.5. The number of hydrogen-bond donors (Lipinski definition) is 3. The molecule has 0 aliphatic carbocycles. The zero-order valence-electron chi connectivity index (χ0n) is 54.7. The average molecular weight is 1260 g/mol. The standard InChI is InChI=1S/C66H128O17P2/c1-6-9-12-15-18-19-20-21-22-23-24-25-26-27-28-29-30-31-32-35-42-47-52-66(71)83-62(56-77-64(69)50-45-40-37-36-38-43-48-59(4)5)58-81-85(74,75)79-54-60(67)53-78-84(72,73)80-57-61(82-65(70)51-46-41-34-17-14-11-8-3)55-76-63(68)49-44-39-33-16-13-10-7-2/h59-62,67H,6-58H2,1-5H3,(H,72,73)(H,74,75)/t60-,61+,62+/m0/s1. The van der Waals surface area contributed by atoms with Gasteiger partial charge in [-0.05, 0) is 31.6 Å². The van der Waals surface area contributed by atoms with Crippen LogP contribution in [0.5, 0.6) is 0 Å². The van der Waals surface area contributed by atoms with Crippen molar-refractivity contribution in [2.75, 3.05) is 39.6 Å². The largest absolute Gasteiger partial charge is 0.472 e. The van der Waals surface area contributed by atoms with Crippen molar-refractivity contribution in [2.24, 2.45) is 5.92 Å². The third kappa shape index (κ3) is 60.7. The lowest BCUT2D eigenvalue weighted by Gasteiger charge is -2.21. The number of aliphatic hydroxyl groups excluding tert-OH is 1. The molecule has 17 nitrogen and oxygen atoms in total. The number of rotatable bonds is 66. The summed E-state index contributed by atoms with van der Waals surface area (Å²) < 4.78 is 67.8. The first-order chi connectivity index (χ1) is 41.0. The van der Waals surface area contributed by atoms with E-state index in [2.05, 4.69) is 34.6 Å². The molecule has 0 aliphatic rings. The molecule has 0 spiro atoms. The fraction of sp³-hybridized carbons (Fsp3) is 0.939. The van der Waals surface area contributed by atoms with Crippen molar-refractivity contribution in [3.8, 4) is 0 Å². The molecule has 0 saturated carbocycles. The van der Waals surface area contributed by atoms with Gasteiger partial charge in [0, 0.05) is 25.7 Å². The van der Waals surface area contributed by atoms with Crippen LogP contribution in [-0.2, 0) is 65.4 Å². The van der Waals surface area contributed by atoms with E-state index in [4.69, 9.17) is 37.0 Å². The summed E-state index contributed by atoms with van der Waals surface area (Å²) in [4.78, 5) is 71.9. The smallest absolute Gasteiger partial charge is 0.462 e. The first kappa shape index (κ1) is 83.1. The number of phosphoric acid groups is 2. The third-order valence-electron chi connectivity index (χ3n) is 15.3. The maximum absolute atomic E-state index is 13.0. The van der Waals surface area contributed by atoms with Crippen LogP contribution in [0.4, 0.5) is 0 Å². The predicted molar refractivity (Wildman–Crippen MR) is 340 cm³/mol. The molecule has 5 atom stereocenters. The van der Waals surface area contributed by atoms with Gasteiger partial charge in [0.05, 0.1) is 26.4 Å². The van der Waals surface area contributed by atoms with Crippen LogP contribution in [-0.4, -0.2) is 96.7 Å². The number of aliphatic hydroxyl groups is 1. The van der Waals surface area contributed by atoms with Crippen molar-refractivity contribution in [3.63, 3.8) is 0 Å². The number of ether oxygens (including phenoxy) is 4. The van der Waals surface area contributed by atoms with E-state index in [0.29, 0.717) is 31.6 Å².